The van der Waals surface area contributed by atoms with E-state index in [1.165, 1.54) is 0 Å². The molecule has 2 saturated heterocycles. The third kappa shape index (κ3) is 3.61. The molecule has 0 aromatic carbocycles. The zero-order chi connectivity index (χ0) is 15.0. The van der Waals surface area contributed by atoms with Crippen LogP contribution in [0.4, 0.5) is 9.18 Å². The van der Waals surface area contributed by atoms with Gasteiger partial charge in [0.1, 0.15) is 5.60 Å². The fraction of sp³-hybridized carbons (Fsp3) is 0.929. The Kier molecular flexibility index (Phi) is 4.25. The number of rotatable bonds is 2. The summed E-state index contributed by atoms with van der Waals surface area (Å²) in [5.41, 5.74) is -1.89. The Balaban J connectivity index is 1.75. The SMILES string of the molecule is CC(C)(C)OC(=O)N1CCC(N2CC(F)(CO)C2)CC1. The fourth-order valence-corrected chi connectivity index (χ4v) is 2.78. The van der Waals surface area contributed by atoms with Crippen molar-refractivity contribution in [3.8, 4) is 0 Å². The van der Waals surface area contributed by atoms with Crippen LogP contribution < -0.4 is 0 Å². The van der Waals surface area contributed by atoms with E-state index in [-0.39, 0.29) is 6.09 Å². The van der Waals surface area contributed by atoms with Gasteiger partial charge in [0, 0.05) is 32.2 Å². The third-order valence-electron chi connectivity index (χ3n) is 3.89. The molecule has 116 valence electrons. The number of carbonyl (C=O) groups is 1. The van der Waals surface area contributed by atoms with Gasteiger partial charge in [0.25, 0.3) is 0 Å². The van der Waals surface area contributed by atoms with E-state index in [1.807, 2.05) is 20.8 Å². The quantitative estimate of drug-likeness (QED) is 0.834. The standard InChI is InChI=1S/C14H25FN2O3/c1-13(2,3)20-12(19)16-6-4-11(5-7-16)17-8-14(15,9-17)10-18/h11,18H,4-10H2,1-3H3. The zero-order valence-corrected chi connectivity index (χ0v) is 12.6. The minimum atomic E-state index is -1.41. The van der Waals surface area contributed by atoms with Crippen LogP contribution >= 0.6 is 0 Å². The summed E-state index contributed by atoms with van der Waals surface area (Å²) in [4.78, 5) is 15.7. The number of carbonyl (C=O) groups excluding carboxylic acids is 1. The molecule has 0 bridgehead atoms. The lowest BCUT2D eigenvalue weighted by Crippen LogP contribution is -2.65. The summed E-state index contributed by atoms with van der Waals surface area (Å²) in [7, 11) is 0. The van der Waals surface area contributed by atoms with Gasteiger partial charge in [-0.05, 0) is 33.6 Å². The van der Waals surface area contributed by atoms with Crippen molar-refractivity contribution in [3.05, 3.63) is 0 Å². The van der Waals surface area contributed by atoms with Crippen molar-refractivity contribution in [3.63, 3.8) is 0 Å². The number of hydrogen-bond donors (Lipinski definition) is 1. The Bertz CT molecular complexity index is 356. The maximum atomic E-state index is 13.7. The fourth-order valence-electron chi connectivity index (χ4n) is 2.78. The minimum Gasteiger partial charge on any atom is -0.444 e. The predicted octanol–water partition coefficient (Wildman–Crippen LogP) is 1.40. The Hall–Kier alpha value is -0.880. The number of aliphatic hydroxyl groups excluding tert-OH is 1. The van der Waals surface area contributed by atoms with Gasteiger partial charge in [-0.1, -0.05) is 0 Å². The molecule has 20 heavy (non-hydrogen) atoms. The van der Waals surface area contributed by atoms with Crippen LogP contribution in [0.3, 0.4) is 0 Å². The van der Waals surface area contributed by atoms with Crippen LogP contribution in [0.2, 0.25) is 0 Å². The molecule has 0 aliphatic carbocycles. The molecule has 2 heterocycles. The molecule has 0 spiro atoms. The summed E-state index contributed by atoms with van der Waals surface area (Å²) in [5.74, 6) is 0. The molecule has 0 radical (unpaired) electrons. The van der Waals surface area contributed by atoms with E-state index in [9.17, 15) is 9.18 Å². The lowest BCUT2D eigenvalue weighted by atomic mass is 9.91. The Labute approximate surface area is 119 Å². The van der Waals surface area contributed by atoms with Crippen molar-refractivity contribution >= 4 is 6.09 Å². The Morgan fingerprint density at radius 3 is 2.35 bits per heavy atom. The number of ether oxygens (including phenoxy) is 1. The van der Waals surface area contributed by atoms with Gasteiger partial charge in [-0.15, -0.1) is 0 Å². The maximum absolute atomic E-state index is 13.7. The van der Waals surface area contributed by atoms with Gasteiger partial charge < -0.3 is 14.7 Å². The van der Waals surface area contributed by atoms with E-state index in [1.54, 1.807) is 4.90 Å². The van der Waals surface area contributed by atoms with Crippen LogP contribution in [0.25, 0.3) is 0 Å². The average Bonchev–Trinajstić information content (AvgIpc) is 2.33. The number of hydrogen-bond acceptors (Lipinski definition) is 4. The second-order valence-corrected chi connectivity index (χ2v) is 6.91. The van der Waals surface area contributed by atoms with Gasteiger partial charge >= 0.3 is 6.09 Å². The summed E-state index contributed by atoms with van der Waals surface area (Å²) in [6.07, 6.45) is 1.40. The van der Waals surface area contributed by atoms with Crippen LogP contribution in [0.1, 0.15) is 33.6 Å². The van der Waals surface area contributed by atoms with Crippen LogP contribution in [-0.4, -0.2) is 71.1 Å². The predicted molar refractivity (Wildman–Crippen MR) is 73.3 cm³/mol. The molecule has 0 atom stereocenters. The monoisotopic (exact) mass is 288 g/mol. The van der Waals surface area contributed by atoms with E-state index in [4.69, 9.17) is 9.84 Å². The van der Waals surface area contributed by atoms with Gasteiger partial charge in [-0.2, -0.15) is 0 Å². The van der Waals surface area contributed by atoms with Gasteiger partial charge in [-0.3, -0.25) is 4.90 Å². The smallest absolute Gasteiger partial charge is 0.410 e. The number of nitrogens with zero attached hydrogens (tertiary/aromatic N) is 2. The van der Waals surface area contributed by atoms with Crippen molar-refractivity contribution < 1.29 is 19.0 Å². The molecule has 2 aliphatic rings. The average molecular weight is 288 g/mol. The lowest BCUT2D eigenvalue weighted by Gasteiger charge is -2.49. The van der Waals surface area contributed by atoms with E-state index in [0.717, 1.165) is 12.8 Å². The highest BCUT2D eigenvalue weighted by molar-refractivity contribution is 5.68. The van der Waals surface area contributed by atoms with E-state index in [2.05, 4.69) is 4.90 Å². The first kappa shape index (κ1) is 15.5. The molecule has 0 unspecified atom stereocenters. The van der Waals surface area contributed by atoms with Crippen molar-refractivity contribution in [2.45, 2.75) is 50.9 Å². The van der Waals surface area contributed by atoms with E-state index >= 15 is 0 Å². The van der Waals surface area contributed by atoms with Crippen LogP contribution in [0.15, 0.2) is 0 Å². The largest absolute Gasteiger partial charge is 0.444 e. The first-order chi connectivity index (χ1) is 9.22. The first-order valence-electron chi connectivity index (χ1n) is 7.24. The van der Waals surface area contributed by atoms with Crippen molar-refractivity contribution in [2.75, 3.05) is 32.8 Å². The highest BCUT2D eigenvalue weighted by Crippen LogP contribution is 2.30. The molecular weight excluding hydrogens is 263 g/mol. The number of alkyl halides is 1. The van der Waals surface area contributed by atoms with Crippen LogP contribution in [-0.2, 0) is 4.74 Å². The number of halogens is 1. The zero-order valence-electron chi connectivity index (χ0n) is 12.6. The molecule has 1 N–H and O–H groups in total. The molecule has 2 rings (SSSR count). The molecule has 1 amide bonds. The van der Waals surface area contributed by atoms with Gasteiger partial charge in [-0.25, -0.2) is 9.18 Å². The van der Waals surface area contributed by atoms with Crippen molar-refractivity contribution in [1.29, 1.82) is 0 Å². The second-order valence-electron chi connectivity index (χ2n) is 6.91. The summed E-state index contributed by atoms with van der Waals surface area (Å²) in [5, 5.41) is 8.91. The summed E-state index contributed by atoms with van der Waals surface area (Å²) in [6, 6.07) is 0.309. The molecule has 0 aromatic rings. The van der Waals surface area contributed by atoms with Gasteiger partial charge in [0.15, 0.2) is 5.67 Å². The van der Waals surface area contributed by atoms with Crippen LogP contribution in [0, 0.1) is 0 Å². The molecule has 0 aromatic heterocycles. The molecular formula is C14H25FN2O3. The molecule has 6 heteroatoms. The molecule has 5 nitrogen and oxygen atoms in total. The Morgan fingerprint density at radius 1 is 1.35 bits per heavy atom. The number of likely N-dealkylation sites (tertiary alicyclic amines) is 2. The maximum Gasteiger partial charge on any atom is 0.410 e. The van der Waals surface area contributed by atoms with Gasteiger partial charge in [0.05, 0.1) is 6.61 Å². The topological polar surface area (TPSA) is 53.0 Å². The van der Waals surface area contributed by atoms with Gasteiger partial charge in [0.2, 0.25) is 0 Å². The highest BCUT2D eigenvalue weighted by atomic mass is 19.1. The van der Waals surface area contributed by atoms with E-state index in [0.29, 0.717) is 32.2 Å². The lowest BCUT2D eigenvalue weighted by molar-refractivity contribution is -0.0950. The number of amides is 1. The number of aliphatic hydroxyl groups is 1. The molecule has 2 fully saturated rings. The second kappa shape index (κ2) is 5.48. The van der Waals surface area contributed by atoms with Crippen molar-refractivity contribution in [2.24, 2.45) is 0 Å². The van der Waals surface area contributed by atoms with E-state index < -0.39 is 17.9 Å². The summed E-state index contributed by atoms with van der Waals surface area (Å²) in [6.45, 7) is 7.07. The normalized spacial score (nSPS) is 24.4. The molecule has 2 aliphatic heterocycles. The van der Waals surface area contributed by atoms with Crippen molar-refractivity contribution in [1.82, 2.24) is 9.80 Å². The first-order valence-corrected chi connectivity index (χ1v) is 7.24. The minimum absolute atomic E-state index is 0.269. The Morgan fingerprint density at radius 2 is 1.90 bits per heavy atom. The number of piperidine rings is 1. The van der Waals surface area contributed by atoms with Crippen LogP contribution in [0.5, 0.6) is 0 Å². The molecule has 0 saturated carbocycles. The summed E-state index contributed by atoms with van der Waals surface area (Å²) >= 11 is 0. The highest BCUT2D eigenvalue weighted by Gasteiger charge is 2.46. The third-order valence-corrected chi connectivity index (χ3v) is 3.89. The summed E-state index contributed by atoms with van der Waals surface area (Å²) < 4.78 is 19.0.